The van der Waals surface area contributed by atoms with Crippen molar-refractivity contribution >= 4 is 10.9 Å². The molecule has 0 radical (unpaired) electrons. The third-order valence-electron chi connectivity index (χ3n) is 5.87. The number of nitrogens with one attached hydrogen (secondary N) is 1. The van der Waals surface area contributed by atoms with E-state index in [0.717, 1.165) is 44.5 Å². The molecule has 0 saturated heterocycles. The van der Waals surface area contributed by atoms with Crippen LogP contribution in [0, 0.1) is 6.92 Å². The molecule has 0 spiro atoms. The Morgan fingerprint density at radius 3 is 2.46 bits per heavy atom. The number of benzene rings is 3. The molecule has 6 heteroatoms. The highest BCUT2D eigenvalue weighted by atomic mass is 16.5. The van der Waals surface area contributed by atoms with E-state index in [9.17, 15) is 0 Å². The van der Waals surface area contributed by atoms with Crippen molar-refractivity contribution in [2.75, 3.05) is 13.2 Å². The number of nitrogens with zero attached hydrogens (tertiary/aromatic N) is 2. The molecule has 0 fully saturated rings. The van der Waals surface area contributed by atoms with E-state index < -0.39 is 0 Å². The van der Waals surface area contributed by atoms with E-state index >= 15 is 0 Å². The Labute approximate surface area is 204 Å². The van der Waals surface area contributed by atoms with Gasteiger partial charge in [-0.15, -0.1) is 0 Å². The van der Waals surface area contributed by atoms with Gasteiger partial charge in [-0.1, -0.05) is 66.7 Å². The second-order valence-electron chi connectivity index (χ2n) is 8.59. The number of aromatic amines is 1. The molecular weight excluding hydrogens is 436 g/mol. The van der Waals surface area contributed by atoms with Crippen LogP contribution in [0.5, 0.6) is 5.75 Å². The average molecular weight is 465 g/mol. The zero-order valence-corrected chi connectivity index (χ0v) is 19.6. The van der Waals surface area contributed by atoms with Crippen LogP contribution in [-0.4, -0.2) is 34.4 Å². The normalized spacial score (nSPS) is 12.1. The van der Waals surface area contributed by atoms with Crippen LogP contribution in [0.2, 0.25) is 0 Å². The van der Waals surface area contributed by atoms with E-state index in [4.69, 9.17) is 20.2 Å². The summed E-state index contributed by atoms with van der Waals surface area (Å²) in [5.41, 5.74) is 13.3. The number of rotatable bonds is 9. The van der Waals surface area contributed by atoms with Gasteiger partial charge in [-0.3, -0.25) is 10.1 Å². The number of H-pyrrole nitrogens is 1. The topological polar surface area (TPSA) is 86.0 Å². The van der Waals surface area contributed by atoms with Crippen LogP contribution in [0.15, 0.2) is 91.1 Å². The standard InChI is InChI=1S/C29H28N4O2/c1-20-26-14-23(12-13-28(26)33-32-20)27-15-25(16-31-29(27)22-10-6-3-7-11-22)35-19-24(30)18-34-17-21-8-4-2-5-9-21/h2-16,24H,17-19,30H2,1H3,(H,32,33)/t24-/m0/s1. The van der Waals surface area contributed by atoms with Crippen LogP contribution in [0.1, 0.15) is 11.3 Å². The number of aromatic nitrogens is 3. The van der Waals surface area contributed by atoms with Crippen molar-refractivity contribution < 1.29 is 9.47 Å². The largest absolute Gasteiger partial charge is 0.490 e. The first-order chi connectivity index (χ1) is 17.2. The second-order valence-corrected chi connectivity index (χ2v) is 8.59. The molecule has 0 amide bonds. The summed E-state index contributed by atoms with van der Waals surface area (Å²) in [6.45, 7) is 3.30. The summed E-state index contributed by atoms with van der Waals surface area (Å²) in [5, 5.41) is 8.50. The summed E-state index contributed by atoms with van der Waals surface area (Å²) in [4.78, 5) is 4.77. The zero-order chi connectivity index (χ0) is 24.0. The van der Waals surface area contributed by atoms with Crippen molar-refractivity contribution in [1.82, 2.24) is 15.2 Å². The predicted molar refractivity (Wildman–Crippen MR) is 139 cm³/mol. The minimum atomic E-state index is -0.249. The van der Waals surface area contributed by atoms with Crippen molar-refractivity contribution in [3.8, 4) is 28.1 Å². The summed E-state index contributed by atoms with van der Waals surface area (Å²) in [6.07, 6.45) is 1.75. The highest BCUT2D eigenvalue weighted by molar-refractivity contribution is 5.90. The van der Waals surface area contributed by atoms with Gasteiger partial charge in [-0.2, -0.15) is 5.10 Å². The number of ether oxygens (including phenoxy) is 2. The molecule has 5 aromatic rings. The minimum absolute atomic E-state index is 0.249. The van der Waals surface area contributed by atoms with Gasteiger partial charge in [0.05, 0.1) is 36.7 Å². The van der Waals surface area contributed by atoms with E-state index in [-0.39, 0.29) is 6.04 Å². The lowest BCUT2D eigenvalue weighted by Crippen LogP contribution is -2.32. The highest BCUT2D eigenvalue weighted by Crippen LogP contribution is 2.34. The Balaban J connectivity index is 1.34. The molecule has 0 unspecified atom stereocenters. The monoisotopic (exact) mass is 464 g/mol. The Morgan fingerprint density at radius 1 is 0.886 bits per heavy atom. The van der Waals surface area contributed by atoms with Crippen molar-refractivity contribution in [3.63, 3.8) is 0 Å². The average Bonchev–Trinajstić information content (AvgIpc) is 3.28. The molecular formula is C29H28N4O2. The summed E-state index contributed by atoms with van der Waals surface area (Å²) in [7, 11) is 0. The van der Waals surface area contributed by atoms with Gasteiger partial charge in [0.25, 0.3) is 0 Å². The van der Waals surface area contributed by atoms with Crippen LogP contribution in [0.3, 0.4) is 0 Å². The fourth-order valence-electron chi connectivity index (χ4n) is 4.03. The molecule has 176 valence electrons. The fraction of sp³-hybridized carbons (Fsp3) is 0.172. The van der Waals surface area contributed by atoms with Crippen LogP contribution in [0.4, 0.5) is 0 Å². The van der Waals surface area contributed by atoms with E-state index in [1.807, 2.05) is 67.6 Å². The smallest absolute Gasteiger partial charge is 0.138 e. The van der Waals surface area contributed by atoms with Gasteiger partial charge >= 0.3 is 0 Å². The van der Waals surface area contributed by atoms with Gasteiger partial charge in [0, 0.05) is 22.2 Å². The Bertz CT molecular complexity index is 1400. The zero-order valence-electron chi connectivity index (χ0n) is 19.6. The van der Waals surface area contributed by atoms with E-state index in [1.165, 1.54) is 0 Å². The molecule has 2 aromatic heterocycles. The molecule has 35 heavy (non-hydrogen) atoms. The summed E-state index contributed by atoms with van der Waals surface area (Å²) in [5.74, 6) is 0.669. The molecule has 0 aliphatic carbocycles. The Morgan fingerprint density at radius 2 is 1.66 bits per heavy atom. The summed E-state index contributed by atoms with van der Waals surface area (Å²) >= 11 is 0. The van der Waals surface area contributed by atoms with E-state index in [1.54, 1.807) is 6.20 Å². The van der Waals surface area contributed by atoms with E-state index in [2.05, 4.69) is 34.5 Å². The first-order valence-corrected chi connectivity index (χ1v) is 11.7. The number of aryl methyl sites for hydroxylation is 1. The van der Waals surface area contributed by atoms with Gasteiger partial charge in [0.15, 0.2) is 0 Å². The van der Waals surface area contributed by atoms with E-state index in [0.29, 0.717) is 25.6 Å². The first kappa shape index (κ1) is 22.8. The third-order valence-corrected chi connectivity index (χ3v) is 5.87. The fourth-order valence-corrected chi connectivity index (χ4v) is 4.03. The predicted octanol–water partition coefficient (Wildman–Crippen LogP) is 5.52. The molecule has 3 N–H and O–H groups in total. The molecule has 2 heterocycles. The molecule has 5 rings (SSSR count). The van der Waals surface area contributed by atoms with Gasteiger partial charge in [0.2, 0.25) is 0 Å². The van der Waals surface area contributed by atoms with Gasteiger partial charge in [0.1, 0.15) is 12.4 Å². The molecule has 0 saturated carbocycles. The molecule has 0 aliphatic rings. The van der Waals surface area contributed by atoms with Crippen LogP contribution >= 0.6 is 0 Å². The van der Waals surface area contributed by atoms with Gasteiger partial charge < -0.3 is 15.2 Å². The molecule has 0 aliphatic heterocycles. The van der Waals surface area contributed by atoms with Crippen molar-refractivity contribution in [2.45, 2.75) is 19.6 Å². The number of nitrogens with two attached hydrogens (primary N) is 1. The van der Waals surface area contributed by atoms with Crippen LogP contribution in [0.25, 0.3) is 33.3 Å². The summed E-state index contributed by atoms with van der Waals surface area (Å²) < 4.78 is 11.8. The maximum Gasteiger partial charge on any atom is 0.138 e. The molecule has 0 bridgehead atoms. The highest BCUT2D eigenvalue weighted by Gasteiger charge is 2.14. The van der Waals surface area contributed by atoms with Crippen molar-refractivity contribution in [3.05, 3.63) is 102 Å². The van der Waals surface area contributed by atoms with Crippen LogP contribution in [-0.2, 0) is 11.3 Å². The third kappa shape index (κ3) is 5.40. The second kappa shape index (κ2) is 10.5. The molecule has 3 aromatic carbocycles. The quantitative estimate of drug-likeness (QED) is 0.300. The van der Waals surface area contributed by atoms with Gasteiger partial charge in [-0.25, -0.2) is 0 Å². The number of hydrogen-bond donors (Lipinski definition) is 2. The number of hydrogen-bond acceptors (Lipinski definition) is 5. The van der Waals surface area contributed by atoms with Crippen molar-refractivity contribution in [1.29, 1.82) is 0 Å². The maximum absolute atomic E-state index is 6.24. The Kier molecular flexibility index (Phi) is 6.84. The molecule has 6 nitrogen and oxygen atoms in total. The molecule has 1 atom stereocenters. The maximum atomic E-state index is 6.24. The SMILES string of the molecule is Cc1[nH]nc2ccc(-c3cc(OC[C@@H](N)COCc4ccccc4)cnc3-c3ccccc3)cc12. The number of fused-ring (bicyclic) bond motifs is 1. The minimum Gasteiger partial charge on any atom is -0.490 e. The first-order valence-electron chi connectivity index (χ1n) is 11.7. The lowest BCUT2D eigenvalue weighted by molar-refractivity contribution is 0.0935. The lowest BCUT2D eigenvalue weighted by atomic mass is 9.98. The van der Waals surface area contributed by atoms with Gasteiger partial charge in [-0.05, 0) is 36.2 Å². The number of pyridine rings is 1. The lowest BCUT2D eigenvalue weighted by Gasteiger charge is -2.16. The Hall–Kier alpha value is -4.00. The summed E-state index contributed by atoms with van der Waals surface area (Å²) in [6, 6.07) is 28.2. The van der Waals surface area contributed by atoms with Crippen LogP contribution < -0.4 is 10.5 Å². The van der Waals surface area contributed by atoms with Crippen molar-refractivity contribution in [2.24, 2.45) is 5.73 Å².